The van der Waals surface area contributed by atoms with Crippen molar-refractivity contribution in [2.75, 3.05) is 6.54 Å². The van der Waals surface area contributed by atoms with Crippen LogP contribution in [0.5, 0.6) is 0 Å². The van der Waals surface area contributed by atoms with Crippen LogP contribution in [0.2, 0.25) is 0 Å². The van der Waals surface area contributed by atoms with Crippen LogP contribution in [0.25, 0.3) is 0 Å². The second kappa shape index (κ2) is 4.10. The molecule has 1 rings (SSSR count). The number of aliphatic hydroxyl groups excluding tert-OH is 1. The normalized spacial score (nSPS) is 20.9. The van der Waals surface area contributed by atoms with E-state index in [9.17, 15) is 9.90 Å². The lowest BCUT2D eigenvalue weighted by Gasteiger charge is -2.27. The van der Waals surface area contributed by atoms with Crippen molar-refractivity contribution in [2.45, 2.75) is 51.7 Å². The van der Waals surface area contributed by atoms with Crippen molar-refractivity contribution in [1.82, 2.24) is 5.32 Å². The van der Waals surface area contributed by atoms with Crippen LogP contribution in [0.1, 0.15) is 40.0 Å². The molecule has 1 saturated carbocycles. The summed E-state index contributed by atoms with van der Waals surface area (Å²) < 4.78 is 0. The molecule has 0 spiro atoms. The zero-order valence-corrected chi connectivity index (χ0v) is 9.84. The van der Waals surface area contributed by atoms with Crippen LogP contribution in [0.4, 0.5) is 0 Å². The van der Waals surface area contributed by atoms with Gasteiger partial charge in [0.2, 0.25) is 5.91 Å². The lowest BCUT2D eigenvalue weighted by Crippen LogP contribution is -2.46. The highest BCUT2D eigenvalue weighted by Crippen LogP contribution is 2.32. The third kappa shape index (κ3) is 3.80. The Hall–Kier alpha value is -0.610. The Kier molecular flexibility index (Phi) is 3.41. The van der Waals surface area contributed by atoms with E-state index in [4.69, 9.17) is 5.73 Å². The Balaban J connectivity index is 2.32. The molecule has 88 valence electrons. The summed E-state index contributed by atoms with van der Waals surface area (Å²) in [6.45, 7) is 6.37. The predicted octanol–water partition coefficient (Wildman–Crippen LogP) is 0.391. The van der Waals surface area contributed by atoms with Gasteiger partial charge in [-0.2, -0.15) is 0 Å². The van der Waals surface area contributed by atoms with Crippen molar-refractivity contribution >= 4 is 5.91 Å². The van der Waals surface area contributed by atoms with E-state index >= 15 is 0 Å². The maximum absolute atomic E-state index is 11.6. The number of rotatable bonds is 5. The molecule has 0 aliphatic heterocycles. The number of nitrogens with two attached hydrogens (primary N) is 1. The maximum atomic E-state index is 11.6. The summed E-state index contributed by atoms with van der Waals surface area (Å²) in [5.41, 5.74) is 5.07. The summed E-state index contributed by atoms with van der Waals surface area (Å²) in [6, 6.07) is 0. The molecule has 1 unspecified atom stereocenters. The molecule has 1 fully saturated rings. The number of hydrogen-bond acceptors (Lipinski definition) is 3. The summed E-state index contributed by atoms with van der Waals surface area (Å²) in [4.78, 5) is 11.6. The first kappa shape index (κ1) is 12.5. The number of hydrogen-bond donors (Lipinski definition) is 3. The van der Waals surface area contributed by atoms with E-state index < -0.39 is 5.54 Å². The summed E-state index contributed by atoms with van der Waals surface area (Å²) in [6.07, 6.45) is 1.90. The Morgan fingerprint density at radius 3 is 2.53 bits per heavy atom. The lowest BCUT2D eigenvalue weighted by molar-refractivity contribution is -0.123. The number of aliphatic hydroxyl groups is 1. The molecule has 0 aromatic heterocycles. The summed E-state index contributed by atoms with van der Waals surface area (Å²) in [5.74, 6) is -0.0545. The van der Waals surface area contributed by atoms with Gasteiger partial charge < -0.3 is 16.2 Å². The molecule has 4 N–H and O–H groups in total. The van der Waals surface area contributed by atoms with Gasteiger partial charge in [-0.3, -0.25) is 4.79 Å². The Morgan fingerprint density at radius 2 is 2.13 bits per heavy atom. The van der Waals surface area contributed by atoms with E-state index in [1.807, 2.05) is 13.8 Å². The molecular weight excluding hydrogens is 192 g/mol. The minimum Gasteiger partial charge on any atom is -0.393 e. The van der Waals surface area contributed by atoms with Gasteiger partial charge in [-0.25, -0.2) is 0 Å². The van der Waals surface area contributed by atoms with Crippen LogP contribution in [0, 0.1) is 5.41 Å². The van der Waals surface area contributed by atoms with Crippen LogP contribution in [-0.2, 0) is 4.79 Å². The lowest BCUT2D eigenvalue weighted by atomic mass is 9.87. The van der Waals surface area contributed by atoms with Crippen molar-refractivity contribution in [3.05, 3.63) is 0 Å². The zero-order chi connectivity index (χ0) is 11.7. The smallest absolute Gasteiger partial charge is 0.240 e. The fourth-order valence-corrected chi connectivity index (χ4v) is 1.73. The average molecular weight is 214 g/mol. The number of carbonyl (C=O) groups excluding carboxylic acids is 1. The summed E-state index contributed by atoms with van der Waals surface area (Å²) >= 11 is 0. The van der Waals surface area contributed by atoms with Crippen molar-refractivity contribution in [1.29, 1.82) is 0 Å². The minimum atomic E-state index is -0.596. The van der Waals surface area contributed by atoms with Gasteiger partial charge >= 0.3 is 0 Å². The number of amides is 1. The van der Waals surface area contributed by atoms with Crippen LogP contribution < -0.4 is 11.1 Å². The van der Waals surface area contributed by atoms with Crippen molar-refractivity contribution in [2.24, 2.45) is 11.1 Å². The Morgan fingerprint density at radius 1 is 1.60 bits per heavy atom. The fraction of sp³-hybridized carbons (Fsp3) is 0.909. The molecule has 1 atom stereocenters. The minimum absolute atomic E-state index is 0.0545. The molecule has 1 amide bonds. The summed E-state index contributed by atoms with van der Waals surface area (Å²) in [5, 5.41) is 12.1. The predicted molar refractivity (Wildman–Crippen MR) is 59.2 cm³/mol. The Labute approximate surface area is 91.2 Å². The highest BCUT2D eigenvalue weighted by atomic mass is 16.3. The Bertz CT molecular complexity index is 245. The molecule has 0 radical (unpaired) electrons. The van der Waals surface area contributed by atoms with Crippen LogP contribution in [0.3, 0.4) is 0 Å². The van der Waals surface area contributed by atoms with Gasteiger partial charge in [-0.1, -0.05) is 13.8 Å². The SMILES string of the molecule is CC(O)CC(C)(C)CNC(=O)C1(N)CC1. The fourth-order valence-electron chi connectivity index (χ4n) is 1.73. The second-order valence-electron chi connectivity index (χ2n) is 5.56. The monoisotopic (exact) mass is 214 g/mol. The summed E-state index contributed by atoms with van der Waals surface area (Å²) in [7, 11) is 0. The molecule has 0 bridgehead atoms. The van der Waals surface area contributed by atoms with Crippen molar-refractivity contribution in [3.63, 3.8) is 0 Å². The van der Waals surface area contributed by atoms with Gasteiger partial charge in [0.25, 0.3) is 0 Å². The van der Waals surface area contributed by atoms with E-state index in [2.05, 4.69) is 5.32 Å². The number of nitrogens with one attached hydrogen (secondary N) is 1. The molecular formula is C11H22N2O2. The first-order valence-corrected chi connectivity index (χ1v) is 5.50. The van der Waals surface area contributed by atoms with Gasteiger partial charge in [-0.05, 0) is 31.6 Å². The van der Waals surface area contributed by atoms with Gasteiger partial charge in [-0.15, -0.1) is 0 Å². The van der Waals surface area contributed by atoms with Crippen LogP contribution in [-0.4, -0.2) is 29.2 Å². The molecule has 0 heterocycles. The van der Waals surface area contributed by atoms with Crippen molar-refractivity contribution in [3.8, 4) is 0 Å². The van der Waals surface area contributed by atoms with E-state index in [1.54, 1.807) is 6.92 Å². The molecule has 4 nitrogen and oxygen atoms in total. The van der Waals surface area contributed by atoms with E-state index in [0.29, 0.717) is 13.0 Å². The van der Waals surface area contributed by atoms with E-state index in [1.165, 1.54) is 0 Å². The highest BCUT2D eigenvalue weighted by Gasteiger charge is 2.46. The average Bonchev–Trinajstić information content (AvgIpc) is 2.78. The molecule has 0 saturated heterocycles. The number of carbonyl (C=O) groups is 1. The molecule has 1 aliphatic carbocycles. The van der Waals surface area contributed by atoms with Gasteiger partial charge in [0.05, 0.1) is 11.6 Å². The van der Waals surface area contributed by atoms with Crippen molar-refractivity contribution < 1.29 is 9.90 Å². The van der Waals surface area contributed by atoms with E-state index in [0.717, 1.165) is 12.8 Å². The van der Waals surface area contributed by atoms with Gasteiger partial charge in [0.1, 0.15) is 0 Å². The zero-order valence-electron chi connectivity index (χ0n) is 9.84. The topological polar surface area (TPSA) is 75.3 Å². The first-order valence-electron chi connectivity index (χ1n) is 5.50. The van der Waals surface area contributed by atoms with Crippen LogP contribution >= 0.6 is 0 Å². The third-order valence-corrected chi connectivity index (χ3v) is 2.82. The van der Waals surface area contributed by atoms with Crippen LogP contribution in [0.15, 0.2) is 0 Å². The standard InChI is InChI=1S/C11H22N2O2/c1-8(14)6-10(2,3)7-13-9(15)11(12)4-5-11/h8,14H,4-7,12H2,1-3H3,(H,13,15). The largest absolute Gasteiger partial charge is 0.393 e. The highest BCUT2D eigenvalue weighted by molar-refractivity contribution is 5.88. The quantitative estimate of drug-likeness (QED) is 0.619. The molecule has 0 aromatic carbocycles. The molecule has 1 aliphatic rings. The third-order valence-electron chi connectivity index (χ3n) is 2.82. The van der Waals surface area contributed by atoms with Gasteiger partial charge in [0.15, 0.2) is 0 Å². The molecule has 4 heteroatoms. The second-order valence-corrected chi connectivity index (χ2v) is 5.56. The van der Waals surface area contributed by atoms with E-state index in [-0.39, 0.29) is 17.4 Å². The molecule has 0 aromatic rings. The molecule has 15 heavy (non-hydrogen) atoms. The maximum Gasteiger partial charge on any atom is 0.240 e. The van der Waals surface area contributed by atoms with Gasteiger partial charge in [0, 0.05) is 6.54 Å². The first-order chi connectivity index (χ1) is 6.75.